The third-order valence-electron chi connectivity index (χ3n) is 4.03. The number of hydrogen-bond acceptors (Lipinski definition) is 4. The van der Waals surface area contributed by atoms with Gasteiger partial charge in [0.05, 0.1) is 5.60 Å². The van der Waals surface area contributed by atoms with Crippen LogP contribution < -0.4 is 5.73 Å². The quantitative estimate of drug-likeness (QED) is 0.842. The van der Waals surface area contributed by atoms with Gasteiger partial charge in [-0.2, -0.15) is 11.8 Å². The third kappa shape index (κ3) is 3.41. The highest BCUT2D eigenvalue weighted by Crippen LogP contribution is 2.42. The van der Waals surface area contributed by atoms with Crippen molar-refractivity contribution in [3.8, 4) is 0 Å². The monoisotopic (exact) mass is 295 g/mol. The summed E-state index contributed by atoms with van der Waals surface area (Å²) in [7, 11) is 0. The van der Waals surface area contributed by atoms with Gasteiger partial charge in [0, 0.05) is 22.4 Å². The normalized spacial score (nSPS) is 26.4. The van der Waals surface area contributed by atoms with Crippen molar-refractivity contribution < 1.29 is 4.74 Å². The molecule has 2 heterocycles. The van der Waals surface area contributed by atoms with Gasteiger partial charge in [0.15, 0.2) is 0 Å². The molecule has 2 fully saturated rings. The lowest BCUT2D eigenvalue weighted by Crippen LogP contribution is -2.43. The van der Waals surface area contributed by atoms with Crippen molar-refractivity contribution in [2.24, 2.45) is 0 Å². The molecule has 1 aromatic carbocycles. The van der Waals surface area contributed by atoms with E-state index in [1.54, 1.807) is 0 Å². The highest BCUT2D eigenvalue weighted by Gasteiger charge is 2.38. The van der Waals surface area contributed by atoms with E-state index in [9.17, 15) is 0 Å². The van der Waals surface area contributed by atoms with Gasteiger partial charge in [-0.25, -0.2) is 0 Å². The average molecular weight is 295 g/mol. The molecule has 104 valence electrons. The minimum atomic E-state index is 0.189. The van der Waals surface area contributed by atoms with Crippen LogP contribution in [0.15, 0.2) is 29.2 Å². The van der Waals surface area contributed by atoms with E-state index in [2.05, 4.69) is 23.9 Å². The summed E-state index contributed by atoms with van der Waals surface area (Å²) in [6.07, 6.45) is 4.85. The Morgan fingerprint density at radius 3 is 2.68 bits per heavy atom. The van der Waals surface area contributed by atoms with Gasteiger partial charge in [-0.3, -0.25) is 0 Å². The number of nitrogen functional groups attached to an aromatic ring is 1. The number of anilines is 1. The highest BCUT2D eigenvalue weighted by atomic mass is 32.2. The van der Waals surface area contributed by atoms with E-state index in [0.717, 1.165) is 12.3 Å². The Morgan fingerprint density at radius 1 is 1.21 bits per heavy atom. The summed E-state index contributed by atoms with van der Waals surface area (Å²) in [4.78, 5) is 1.33. The lowest BCUT2D eigenvalue weighted by molar-refractivity contribution is -0.0804. The van der Waals surface area contributed by atoms with E-state index in [1.165, 1.54) is 42.1 Å². The fraction of sp³-hybridized carbons (Fsp3) is 0.600. The summed E-state index contributed by atoms with van der Waals surface area (Å²) in [5.74, 6) is 2.53. The van der Waals surface area contributed by atoms with E-state index in [0.29, 0.717) is 5.25 Å². The Balaban J connectivity index is 1.63. The molecule has 1 atom stereocenters. The zero-order chi connectivity index (χ0) is 13.1. The van der Waals surface area contributed by atoms with Crippen LogP contribution in [0.25, 0.3) is 0 Å². The zero-order valence-corrected chi connectivity index (χ0v) is 12.8. The van der Waals surface area contributed by atoms with Gasteiger partial charge in [-0.1, -0.05) is 0 Å². The van der Waals surface area contributed by atoms with Crippen LogP contribution in [0.3, 0.4) is 0 Å². The van der Waals surface area contributed by atoms with Gasteiger partial charge in [0.2, 0.25) is 0 Å². The van der Waals surface area contributed by atoms with E-state index in [4.69, 9.17) is 10.5 Å². The highest BCUT2D eigenvalue weighted by molar-refractivity contribution is 8.00. The van der Waals surface area contributed by atoms with Gasteiger partial charge in [-0.05, 0) is 61.5 Å². The van der Waals surface area contributed by atoms with E-state index >= 15 is 0 Å². The molecule has 19 heavy (non-hydrogen) atoms. The Bertz CT molecular complexity index is 409. The first-order valence-electron chi connectivity index (χ1n) is 7.00. The molecule has 0 amide bonds. The molecule has 1 unspecified atom stereocenters. The molecular formula is C15H21NOS2. The summed E-state index contributed by atoms with van der Waals surface area (Å²) in [5, 5.41) is 0.695. The molecule has 0 saturated carbocycles. The van der Waals surface area contributed by atoms with Crippen LogP contribution in [-0.4, -0.2) is 29.0 Å². The number of nitrogens with two attached hydrogens (primary N) is 1. The molecular weight excluding hydrogens is 274 g/mol. The predicted molar refractivity (Wildman–Crippen MR) is 85.0 cm³/mol. The van der Waals surface area contributed by atoms with E-state index in [1.807, 2.05) is 23.9 Å². The van der Waals surface area contributed by atoms with Crippen LogP contribution in [0.2, 0.25) is 0 Å². The predicted octanol–water partition coefficient (Wildman–Crippen LogP) is 3.81. The summed E-state index contributed by atoms with van der Waals surface area (Å²) >= 11 is 4.07. The Labute approximate surface area is 123 Å². The van der Waals surface area contributed by atoms with Gasteiger partial charge in [0.25, 0.3) is 0 Å². The van der Waals surface area contributed by atoms with Crippen molar-refractivity contribution in [1.29, 1.82) is 0 Å². The molecule has 0 aromatic heterocycles. The largest absolute Gasteiger partial charge is 0.399 e. The van der Waals surface area contributed by atoms with E-state index in [-0.39, 0.29) is 5.60 Å². The van der Waals surface area contributed by atoms with Crippen LogP contribution in [0, 0.1) is 0 Å². The van der Waals surface area contributed by atoms with Crippen LogP contribution in [0.5, 0.6) is 0 Å². The molecule has 4 heteroatoms. The van der Waals surface area contributed by atoms with Crippen molar-refractivity contribution in [2.75, 3.05) is 23.8 Å². The molecule has 2 N–H and O–H groups in total. The Hall–Kier alpha value is -0.320. The standard InChI is InChI=1S/C15H21NOS2/c16-12-1-3-13(4-2-12)19-14-5-8-17-15(11-14)6-9-18-10-7-15/h1-4,14H,5-11,16H2. The van der Waals surface area contributed by atoms with Crippen LogP contribution in [0.4, 0.5) is 5.69 Å². The summed E-state index contributed by atoms with van der Waals surface area (Å²) in [6, 6.07) is 8.26. The van der Waals surface area contributed by atoms with Crippen molar-refractivity contribution in [3.63, 3.8) is 0 Å². The molecule has 2 aliphatic rings. The second kappa shape index (κ2) is 5.98. The molecule has 0 aliphatic carbocycles. The van der Waals surface area contributed by atoms with Gasteiger partial charge in [-0.15, -0.1) is 11.8 Å². The van der Waals surface area contributed by atoms with Gasteiger partial charge in [0.1, 0.15) is 0 Å². The second-order valence-electron chi connectivity index (χ2n) is 5.45. The first-order valence-corrected chi connectivity index (χ1v) is 9.03. The first kappa shape index (κ1) is 13.7. The topological polar surface area (TPSA) is 35.2 Å². The molecule has 3 rings (SSSR count). The minimum absolute atomic E-state index is 0.189. The fourth-order valence-corrected chi connectivity index (χ4v) is 5.43. The zero-order valence-electron chi connectivity index (χ0n) is 11.1. The summed E-state index contributed by atoms with van der Waals surface area (Å²) in [5.41, 5.74) is 6.77. The van der Waals surface area contributed by atoms with Crippen molar-refractivity contribution in [1.82, 2.24) is 0 Å². The maximum absolute atomic E-state index is 6.15. The Kier molecular flexibility index (Phi) is 4.30. The van der Waals surface area contributed by atoms with Crippen LogP contribution in [0.1, 0.15) is 25.7 Å². The fourth-order valence-electron chi connectivity index (χ4n) is 2.91. The lowest BCUT2D eigenvalue weighted by Gasteiger charge is -2.43. The van der Waals surface area contributed by atoms with Crippen molar-refractivity contribution >= 4 is 29.2 Å². The van der Waals surface area contributed by atoms with Crippen molar-refractivity contribution in [2.45, 2.75) is 41.4 Å². The van der Waals surface area contributed by atoms with Crippen LogP contribution in [-0.2, 0) is 4.74 Å². The number of hydrogen-bond donors (Lipinski definition) is 1. The number of rotatable bonds is 2. The molecule has 1 aromatic rings. The average Bonchev–Trinajstić information content (AvgIpc) is 2.42. The molecule has 2 aliphatic heterocycles. The molecule has 1 spiro atoms. The van der Waals surface area contributed by atoms with Crippen molar-refractivity contribution in [3.05, 3.63) is 24.3 Å². The lowest BCUT2D eigenvalue weighted by atomic mass is 9.88. The SMILES string of the molecule is Nc1ccc(SC2CCOC3(CCSCC3)C2)cc1. The van der Waals surface area contributed by atoms with Gasteiger partial charge >= 0.3 is 0 Å². The maximum Gasteiger partial charge on any atom is 0.0709 e. The molecule has 2 saturated heterocycles. The summed E-state index contributed by atoms with van der Waals surface area (Å²) in [6.45, 7) is 0.928. The minimum Gasteiger partial charge on any atom is -0.399 e. The second-order valence-corrected chi connectivity index (χ2v) is 8.04. The molecule has 0 bridgehead atoms. The smallest absolute Gasteiger partial charge is 0.0709 e. The maximum atomic E-state index is 6.15. The number of benzene rings is 1. The first-order chi connectivity index (χ1) is 9.26. The van der Waals surface area contributed by atoms with Crippen LogP contribution >= 0.6 is 23.5 Å². The molecule has 2 nitrogen and oxygen atoms in total. The summed E-state index contributed by atoms with van der Waals surface area (Å²) < 4.78 is 6.15. The Morgan fingerprint density at radius 2 is 1.95 bits per heavy atom. The van der Waals surface area contributed by atoms with E-state index < -0.39 is 0 Å². The number of ether oxygens (including phenoxy) is 1. The third-order valence-corrected chi connectivity index (χ3v) is 6.30. The molecule has 0 radical (unpaired) electrons. The number of thioether (sulfide) groups is 2. The van der Waals surface area contributed by atoms with Gasteiger partial charge < -0.3 is 10.5 Å².